The lowest BCUT2D eigenvalue weighted by atomic mass is 10.0. The molecular weight excluding hydrogens is 554 g/mol. The topological polar surface area (TPSA) is 106 Å². The highest BCUT2D eigenvalue weighted by molar-refractivity contribution is 6.76. The van der Waals surface area contributed by atoms with Crippen LogP contribution >= 0.6 is 0 Å². The first kappa shape index (κ1) is 30.5. The van der Waals surface area contributed by atoms with E-state index in [9.17, 15) is 19.2 Å². The van der Waals surface area contributed by atoms with Crippen LogP contribution in [0.15, 0.2) is 18.2 Å². The van der Waals surface area contributed by atoms with Crippen LogP contribution in [0.25, 0.3) is 0 Å². The minimum Gasteiger partial charge on any atom is -0.488 e. The maximum atomic E-state index is 13.4. The Labute approximate surface area is 249 Å². The molecule has 0 unspecified atom stereocenters. The van der Waals surface area contributed by atoms with Gasteiger partial charge in [-0.15, -0.1) is 0 Å². The molecule has 10 nitrogen and oxygen atoms in total. The number of amides is 4. The summed E-state index contributed by atoms with van der Waals surface area (Å²) in [5.74, 6) is 0.185. The van der Waals surface area contributed by atoms with Crippen LogP contribution in [0.1, 0.15) is 68.8 Å². The molecule has 0 aromatic heterocycles. The summed E-state index contributed by atoms with van der Waals surface area (Å²) in [5, 5.41) is 0. The van der Waals surface area contributed by atoms with Crippen molar-refractivity contribution >= 4 is 31.9 Å². The molecule has 1 aliphatic carbocycles. The van der Waals surface area contributed by atoms with Crippen molar-refractivity contribution < 1.29 is 33.4 Å². The lowest BCUT2D eigenvalue weighted by Crippen LogP contribution is -2.55. The van der Waals surface area contributed by atoms with Gasteiger partial charge in [0.2, 0.25) is 5.91 Å². The summed E-state index contributed by atoms with van der Waals surface area (Å²) >= 11 is 0. The van der Waals surface area contributed by atoms with Gasteiger partial charge in [-0.2, -0.15) is 0 Å². The van der Waals surface area contributed by atoms with Crippen molar-refractivity contribution in [3.05, 3.63) is 29.3 Å². The number of carbonyl (C=O) groups excluding carboxylic acids is 4. The third-order valence-corrected chi connectivity index (χ3v) is 10.4. The zero-order chi connectivity index (χ0) is 30.4. The molecule has 4 amide bonds. The molecule has 11 heteroatoms. The normalized spacial score (nSPS) is 26.1. The van der Waals surface area contributed by atoms with E-state index in [-0.39, 0.29) is 55.7 Å². The van der Waals surface area contributed by atoms with Gasteiger partial charge in [0.05, 0.1) is 6.04 Å². The van der Waals surface area contributed by atoms with Gasteiger partial charge in [0.1, 0.15) is 30.2 Å². The van der Waals surface area contributed by atoms with E-state index in [0.717, 1.165) is 35.8 Å². The Balaban J connectivity index is 1.23. The molecule has 5 rings (SSSR count). The van der Waals surface area contributed by atoms with Crippen molar-refractivity contribution in [2.24, 2.45) is 5.92 Å². The molecule has 3 aliphatic heterocycles. The molecule has 2 saturated heterocycles. The number of likely N-dealkylation sites (tertiary alicyclic amines) is 2. The minimum absolute atomic E-state index is 0.0393. The van der Waals surface area contributed by atoms with Gasteiger partial charge in [0.15, 0.2) is 0 Å². The van der Waals surface area contributed by atoms with Crippen molar-refractivity contribution in [2.45, 2.75) is 109 Å². The predicted molar refractivity (Wildman–Crippen MR) is 159 cm³/mol. The van der Waals surface area contributed by atoms with E-state index in [1.165, 1.54) is 0 Å². The first-order valence-electron chi connectivity index (χ1n) is 15.2. The second kappa shape index (κ2) is 11.6. The van der Waals surface area contributed by atoms with E-state index in [1.54, 1.807) is 17.0 Å². The Hall–Kier alpha value is -2.92. The van der Waals surface area contributed by atoms with E-state index in [1.807, 2.05) is 31.7 Å². The molecule has 230 valence electrons. The molecule has 0 radical (unpaired) electrons. The van der Waals surface area contributed by atoms with Gasteiger partial charge in [0.25, 0.3) is 11.8 Å². The van der Waals surface area contributed by atoms with Gasteiger partial charge in [0, 0.05) is 39.8 Å². The summed E-state index contributed by atoms with van der Waals surface area (Å²) in [6.45, 7) is 13.7. The van der Waals surface area contributed by atoms with Crippen LogP contribution in [0.4, 0.5) is 4.79 Å². The van der Waals surface area contributed by atoms with Crippen molar-refractivity contribution in [2.75, 3.05) is 19.9 Å². The van der Waals surface area contributed by atoms with Crippen LogP contribution in [0.3, 0.4) is 0 Å². The van der Waals surface area contributed by atoms with Crippen LogP contribution in [0.2, 0.25) is 25.7 Å². The number of hydrogen-bond acceptors (Lipinski definition) is 7. The van der Waals surface area contributed by atoms with Gasteiger partial charge >= 0.3 is 6.09 Å². The highest BCUT2D eigenvalue weighted by Crippen LogP contribution is 2.41. The van der Waals surface area contributed by atoms with Crippen LogP contribution in [-0.4, -0.2) is 90.3 Å². The zero-order valence-corrected chi connectivity index (χ0v) is 26.8. The summed E-state index contributed by atoms with van der Waals surface area (Å²) in [6, 6.07) is 5.63. The first-order chi connectivity index (χ1) is 19.7. The number of rotatable bonds is 8. The first-order valence-corrected chi connectivity index (χ1v) is 18.9. The number of piperidine rings is 1. The van der Waals surface area contributed by atoms with Crippen LogP contribution < -0.4 is 4.74 Å². The Morgan fingerprint density at radius 1 is 1.05 bits per heavy atom. The van der Waals surface area contributed by atoms with Crippen molar-refractivity contribution in [3.8, 4) is 5.75 Å². The summed E-state index contributed by atoms with van der Waals surface area (Å²) in [6.07, 6.45) is 2.82. The molecule has 0 N–H and O–H groups in total. The predicted octanol–water partition coefficient (Wildman–Crippen LogP) is 4.64. The van der Waals surface area contributed by atoms with Gasteiger partial charge in [-0.3, -0.25) is 19.3 Å². The molecule has 1 saturated carbocycles. The number of carbonyl (C=O) groups is 4. The number of hydrogen-bond donors (Lipinski definition) is 0. The SMILES string of the molecule is CC(C)(C)OC(=O)N1CC[C@H]2CC[C@H](Oc3ccc4c(c3)CN([C@@H]3CCC(=O)N(COCC[Si](C)(C)C)C3=O)C4=O)[C@H]21. The Bertz CT molecular complexity index is 1240. The maximum Gasteiger partial charge on any atom is 0.410 e. The molecular formula is C31H45N3O7Si. The standard InChI is InChI=1S/C31H45N3O7Si/c1-31(2,3)41-30(38)32-14-13-20-7-11-25(27(20)32)40-22-8-9-23-21(17-22)18-33(28(23)36)24-10-12-26(35)34(29(24)37)19-39-15-16-42(4,5)6/h8-9,17,20,24-25,27H,7,10-16,18-19H2,1-6H3/t20-,24-,25+,27+/m1/s1. The number of fused-ring (bicyclic) bond motifs is 2. The number of ether oxygens (including phenoxy) is 3. The van der Waals surface area contributed by atoms with Gasteiger partial charge in [-0.25, -0.2) is 4.79 Å². The van der Waals surface area contributed by atoms with Gasteiger partial charge < -0.3 is 24.0 Å². The van der Waals surface area contributed by atoms with E-state index in [0.29, 0.717) is 36.8 Å². The second-order valence-electron chi connectivity index (χ2n) is 14.3. The molecule has 3 fully saturated rings. The fourth-order valence-corrected chi connectivity index (χ4v) is 7.27. The Morgan fingerprint density at radius 3 is 2.52 bits per heavy atom. The van der Waals surface area contributed by atoms with Crippen LogP contribution in [0.5, 0.6) is 5.75 Å². The highest BCUT2D eigenvalue weighted by Gasteiger charge is 2.49. The Morgan fingerprint density at radius 2 is 1.81 bits per heavy atom. The Kier molecular flexibility index (Phi) is 8.46. The number of benzene rings is 1. The second-order valence-corrected chi connectivity index (χ2v) is 19.9. The molecule has 1 aromatic rings. The summed E-state index contributed by atoms with van der Waals surface area (Å²) in [5.41, 5.74) is 0.781. The highest BCUT2D eigenvalue weighted by atomic mass is 28.3. The molecule has 3 heterocycles. The smallest absolute Gasteiger partial charge is 0.410 e. The molecule has 1 aromatic carbocycles. The van der Waals surface area contributed by atoms with Crippen LogP contribution in [0, 0.1) is 5.92 Å². The summed E-state index contributed by atoms with van der Waals surface area (Å²) in [4.78, 5) is 56.8. The third-order valence-electron chi connectivity index (χ3n) is 8.69. The van der Waals surface area contributed by atoms with Crippen LogP contribution in [-0.2, 0) is 25.6 Å². The van der Waals surface area contributed by atoms with E-state index in [4.69, 9.17) is 14.2 Å². The molecule has 42 heavy (non-hydrogen) atoms. The summed E-state index contributed by atoms with van der Waals surface area (Å²) in [7, 11) is -1.30. The quantitative estimate of drug-likeness (QED) is 0.244. The average molecular weight is 600 g/mol. The third kappa shape index (κ3) is 6.51. The lowest BCUT2D eigenvalue weighted by Gasteiger charge is -2.35. The van der Waals surface area contributed by atoms with Crippen molar-refractivity contribution in [1.82, 2.24) is 14.7 Å². The molecule has 4 aliphatic rings. The van der Waals surface area contributed by atoms with E-state index in [2.05, 4.69) is 19.6 Å². The lowest BCUT2D eigenvalue weighted by molar-refractivity contribution is -0.158. The van der Waals surface area contributed by atoms with Crippen molar-refractivity contribution in [1.29, 1.82) is 0 Å². The molecule has 0 spiro atoms. The minimum atomic E-state index is -1.30. The fraction of sp³-hybridized carbons (Fsp3) is 0.677. The van der Waals surface area contributed by atoms with E-state index >= 15 is 0 Å². The average Bonchev–Trinajstić information content (AvgIpc) is 3.57. The number of imide groups is 1. The monoisotopic (exact) mass is 599 g/mol. The molecule has 0 bridgehead atoms. The summed E-state index contributed by atoms with van der Waals surface area (Å²) < 4.78 is 17.8. The van der Waals surface area contributed by atoms with Gasteiger partial charge in [-0.05, 0) is 82.2 Å². The maximum absolute atomic E-state index is 13.4. The van der Waals surface area contributed by atoms with Gasteiger partial charge in [-0.1, -0.05) is 19.6 Å². The fourth-order valence-electron chi connectivity index (χ4n) is 6.51. The van der Waals surface area contributed by atoms with Crippen molar-refractivity contribution in [3.63, 3.8) is 0 Å². The largest absolute Gasteiger partial charge is 0.488 e. The number of nitrogens with zero attached hydrogens (tertiary/aromatic N) is 3. The molecule has 4 atom stereocenters. The van der Waals surface area contributed by atoms with E-state index < -0.39 is 19.7 Å². The zero-order valence-electron chi connectivity index (χ0n) is 25.8.